The Morgan fingerprint density at radius 2 is 2.39 bits per heavy atom. The fourth-order valence-corrected chi connectivity index (χ4v) is 2.36. The molecule has 2 heterocycles. The van der Waals surface area contributed by atoms with Crippen molar-refractivity contribution in [2.24, 2.45) is 0 Å². The van der Waals surface area contributed by atoms with Gasteiger partial charge in [-0.2, -0.15) is 0 Å². The third-order valence-electron chi connectivity index (χ3n) is 2.70. The van der Waals surface area contributed by atoms with E-state index < -0.39 is 0 Å². The van der Waals surface area contributed by atoms with Crippen molar-refractivity contribution in [3.63, 3.8) is 0 Å². The third kappa shape index (κ3) is 2.75. The molecule has 0 saturated heterocycles. The fraction of sp³-hybridized carbons (Fsp3) is 0.231. The molecule has 0 aliphatic carbocycles. The summed E-state index contributed by atoms with van der Waals surface area (Å²) in [7, 11) is 0. The summed E-state index contributed by atoms with van der Waals surface area (Å²) in [5.41, 5.74) is 1.23. The van der Waals surface area contributed by atoms with Gasteiger partial charge in [0, 0.05) is 16.6 Å². The normalized spacial score (nSPS) is 12.1. The van der Waals surface area contributed by atoms with Crippen LogP contribution in [0, 0.1) is 0 Å². The van der Waals surface area contributed by atoms with Crippen molar-refractivity contribution in [2.75, 3.05) is 5.32 Å². The van der Waals surface area contributed by atoms with Gasteiger partial charge in [-0.25, -0.2) is 0 Å². The lowest BCUT2D eigenvalue weighted by Crippen LogP contribution is -2.19. The number of hydrogen-bond donors (Lipinski definition) is 2. The number of pyridine rings is 1. The summed E-state index contributed by atoms with van der Waals surface area (Å²) >= 11 is 1.55. The number of nitrogens with one attached hydrogen (secondary N) is 1. The Labute approximate surface area is 109 Å². The molecule has 0 fully saturated rings. The smallest absolute Gasteiger partial charge is 0.232 e. The molecule has 2 rings (SSSR count). The molecule has 0 radical (unpaired) electrons. The quantitative estimate of drug-likeness (QED) is 0.889. The van der Waals surface area contributed by atoms with Gasteiger partial charge in [-0.15, -0.1) is 11.3 Å². The Kier molecular flexibility index (Phi) is 4.07. The van der Waals surface area contributed by atoms with Crippen molar-refractivity contribution >= 4 is 22.9 Å². The second kappa shape index (κ2) is 5.75. The number of anilines is 1. The van der Waals surface area contributed by atoms with Crippen molar-refractivity contribution in [1.29, 1.82) is 0 Å². The summed E-state index contributed by atoms with van der Waals surface area (Å²) in [6.07, 6.45) is 3.13. The van der Waals surface area contributed by atoms with Gasteiger partial charge in [-0.1, -0.05) is 6.07 Å². The number of carbonyl (C=O) groups is 1. The molecule has 0 aromatic carbocycles. The first kappa shape index (κ1) is 12.7. The van der Waals surface area contributed by atoms with E-state index in [0.717, 1.165) is 4.88 Å². The Balaban J connectivity index is 2.12. The summed E-state index contributed by atoms with van der Waals surface area (Å²) in [5, 5.41) is 13.9. The predicted octanol–water partition coefficient (Wildman–Crippen LogP) is 2.38. The van der Waals surface area contributed by atoms with Gasteiger partial charge in [-0.3, -0.25) is 9.78 Å². The molecule has 0 aliphatic rings. The van der Waals surface area contributed by atoms with E-state index in [-0.39, 0.29) is 18.4 Å². The highest BCUT2D eigenvalue weighted by Gasteiger charge is 2.17. The maximum absolute atomic E-state index is 12.1. The van der Waals surface area contributed by atoms with E-state index in [2.05, 4.69) is 10.3 Å². The molecule has 0 saturated carbocycles. The highest BCUT2D eigenvalue weighted by molar-refractivity contribution is 7.10. The lowest BCUT2D eigenvalue weighted by atomic mass is 10.1. The van der Waals surface area contributed by atoms with Crippen LogP contribution in [0.2, 0.25) is 0 Å². The van der Waals surface area contributed by atoms with Crippen LogP contribution in [-0.2, 0) is 11.4 Å². The number of rotatable bonds is 4. The minimum atomic E-state index is -0.211. The molecule has 2 aromatic heterocycles. The number of aliphatic hydroxyl groups excluding tert-OH is 1. The lowest BCUT2D eigenvalue weighted by molar-refractivity contribution is -0.117. The van der Waals surface area contributed by atoms with E-state index in [1.165, 1.54) is 0 Å². The molecular formula is C13H14N2O2S. The number of hydrogen-bond acceptors (Lipinski definition) is 4. The number of nitrogens with zero attached hydrogens (tertiary/aromatic N) is 1. The maximum atomic E-state index is 12.1. The number of carbonyl (C=O) groups excluding carboxylic acids is 1. The summed E-state index contributed by atoms with van der Waals surface area (Å²) < 4.78 is 0. The molecule has 1 atom stereocenters. The standard InChI is InChI=1S/C13H14N2O2S/c1-9(12-3-2-6-18-12)13(17)15-11-7-14-5-4-10(11)8-16/h2-7,9,16H,8H2,1H3,(H,15,17). The van der Waals surface area contributed by atoms with Crippen LogP contribution in [0.3, 0.4) is 0 Å². The van der Waals surface area contributed by atoms with Crippen LogP contribution >= 0.6 is 11.3 Å². The van der Waals surface area contributed by atoms with Crippen LogP contribution in [0.1, 0.15) is 23.3 Å². The van der Waals surface area contributed by atoms with Gasteiger partial charge in [0.15, 0.2) is 0 Å². The van der Waals surface area contributed by atoms with E-state index in [0.29, 0.717) is 11.3 Å². The Hall–Kier alpha value is -1.72. The van der Waals surface area contributed by atoms with E-state index in [1.807, 2.05) is 24.4 Å². The van der Waals surface area contributed by atoms with Gasteiger partial charge in [-0.05, 0) is 24.4 Å². The first-order valence-electron chi connectivity index (χ1n) is 5.60. The molecule has 1 unspecified atom stereocenters. The Morgan fingerprint density at radius 1 is 1.56 bits per heavy atom. The summed E-state index contributed by atoms with van der Waals surface area (Å²) in [4.78, 5) is 17.0. The van der Waals surface area contributed by atoms with E-state index in [9.17, 15) is 9.90 Å². The third-order valence-corrected chi connectivity index (χ3v) is 3.76. The minimum Gasteiger partial charge on any atom is -0.392 e. The topological polar surface area (TPSA) is 62.2 Å². The average molecular weight is 262 g/mol. The zero-order valence-electron chi connectivity index (χ0n) is 9.96. The van der Waals surface area contributed by atoms with E-state index in [4.69, 9.17) is 0 Å². The van der Waals surface area contributed by atoms with E-state index >= 15 is 0 Å². The van der Waals surface area contributed by atoms with Crippen molar-refractivity contribution in [3.8, 4) is 0 Å². The fourth-order valence-electron chi connectivity index (χ4n) is 1.58. The molecule has 0 spiro atoms. The summed E-state index contributed by atoms with van der Waals surface area (Å²) in [6.45, 7) is 1.74. The number of aromatic nitrogens is 1. The van der Waals surface area contributed by atoms with Crippen molar-refractivity contribution < 1.29 is 9.90 Å². The molecule has 4 nitrogen and oxygen atoms in total. The van der Waals surface area contributed by atoms with Gasteiger partial charge < -0.3 is 10.4 Å². The minimum absolute atomic E-state index is 0.0971. The van der Waals surface area contributed by atoms with Gasteiger partial charge in [0.05, 0.1) is 24.4 Å². The lowest BCUT2D eigenvalue weighted by Gasteiger charge is -2.12. The number of aliphatic hydroxyl groups is 1. The van der Waals surface area contributed by atoms with Gasteiger partial charge in [0.2, 0.25) is 5.91 Å². The van der Waals surface area contributed by atoms with Crippen LogP contribution < -0.4 is 5.32 Å². The van der Waals surface area contributed by atoms with Crippen LogP contribution in [0.25, 0.3) is 0 Å². The number of thiophene rings is 1. The number of amides is 1. The molecule has 0 bridgehead atoms. The molecule has 0 aliphatic heterocycles. The predicted molar refractivity (Wildman–Crippen MR) is 71.5 cm³/mol. The highest BCUT2D eigenvalue weighted by atomic mass is 32.1. The monoisotopic (exact) mass is 262 g/mol. The van der Waals surface area contributed by atoms with Gasteiger partial charge >= 0.3 is 0 Å². The molecule has 1 amide bonds. The van der Waals surface area contributed by atoms with Crippen molar-refractivity contribution in [3.05, 3.63) is 46.4 Å². The summed E-state index contributed by atoms with van der Waals surface area (Å²) in [6, 6.07) is 5.55. The maximum Gasteiger partial charge on any atom is 0.232 e. The first-order chi connectivity index (χ1) is 8.72. The Bertz CT molecular complexity index is 526. The van der Waals surface area contributed by atoms with Crippen molar-refractivity contribution in [1.82, 2.24) is 4.98 Å². The second-order valence-electron chi connectivity index (χ2n) is 3.92. The van der Waals surface area contributed by atoms with Gasteiger partial charge in [0.1, 0.15) is 0 Å². The van der Waals surface area contributed by atoms with Crippen molar-refractivity contribution in [2.45, 2.75) is 19.4 Å². The molecule has 5 heteroatoms. The summed E-state index contributed by atoms with van der Waals surface area (Å²) in [5.74, 6) is -0.308. The largest absolute Gasteiger partial charge is 0.392 e. The molecular weight excluding hydrogens is 248 g/mol. The molecule has 18 heavy (non-hydrogen) atoms. The Morgan fingerprint density at radius 3 is 3.06 bits per heavy atom. The molecule has 94 valence electrons. The van der Waals surface area contributed by atoms with E-state index in [1.54, 1.807) is 29.8 Å². The second-order valence-corrected chi connectivity index (χ2v) is 4.90. The first-order valence-corrected chi connectivity index (χ1v) is 6.48. The zero-order chi connectivity index (χ0) is 13.0. The highest BCUT2D eigenvalue weighted by Crippen LogP contribution is 2.23. The van der Waals surface area contributed by atoms with Crippen LogP contribution in [-0.4, -0.2) is 16.0 Å². The zero-order valence-corrected chi connectivity index (χ0v) is 10.8. The molecule has 2 aromatic rings. The average Bonchev–Trinajstić information content (AvgIpc) is 2.92. The SMILES string of the molecule is CC(C(=O)Nc1cnccc1CO)c1cccs1. The van der Waals surface area contributed by atoms with Crippen LogP contribution in [0.15, 0.2) is 36.0 Å². The molecule has 2 N–H and O–H groups in total. The van der Waals surface area contributed by atoms with Gasteiger partial charge in [0.25, 0.3) is 0 Å². The van der Waals surface area contributed by atoms with Crippen LogP contribution in [0.5, 0.6) is 0 Å². The van der Waals surface area contributed by atoms with Crippen LogP contribution in [0.4, 0.5) is 5.69 Å².